The molecule has 0 radical (unpaired) electrons. The molecule has 20 heavy (non-hydrogen) atoms. The maximum atomic E-state index is 12.5. The van der Waals surface area contributed by atoms with E-state index in [1.54, 1.807) is 0 Å². The van der Waals surface area contributed by atoms with Gasteiger partial charge < -0.3 is 10.2 Å². The van der Waals surface area contributed by atoms with Gasteiger partial charge in [0.25, 0.3) is 5.91 Å². The van der Waals surface area contributed by atoms with Crippen LogP contribution in [0, 0.1) is 5.41 Å². The van der Waals surface area contributed by atoms with Crippen molar-refractivity contribution in [2.75, 3.05) is 26.2 Å². The van der Waals surface area contributed by atoms with E-state index in [2.05, 4.69) is 21.2 Å². The van der Waals surface area contributed by atoms with Gasteiger partial charge in [0.2, 0.25) is 0 Å². The molecule has 0 aliphatic carbocycles. The molecule has 2 fully saturated rings. The number of halogens is 1. The Bertz CT molecular complexity index is 487. The number of benzene rings is 1. The summed E-state index contributed by atoms with van der Waals surface area (Å²) in [5.74, 6) is 0.176. The van der Waals surface area contributed by atoms with Gasteiger partial charge in [-0.3, -0.25) is 4.79 Å². The van der Waals surface area contributed by atoms with Crippen LogP contribution in [0.1, 0.15) is 36.0 Å². The molecule has 0 aromatic heterocycles. The molecule has 1 aromatic rings. The number of hydrogen-bond acceptors (Lipinski definition) is 2. The first-order chi connectivity index (χ1) is 9.69. The average molecular weight is 337 g/mol. The summed E-state index contributed by atoms with van der Waals surface area (Å²) in [5.41, 5.74) is 1.29. The third-order valence-electron chi connectivity index (χ3n) is 4.85. The predicted octanol–water partition coefficient (Wildman–Crippen LogP) is 3.05. The van der Waals surface area contributed by atoms with E-state index in [1.165, 1.54) is 12.8 Å². The van der Waals surface area contributed by atoms with Crippen molar-refractivity contribution in [3.05, 3.63) is 34.3 Å². The van der Waals surface area contributed by atoms with Gasteiger partial charge in [-0.05, 0) is 62.4 Å². The molecule has 0 bridgehead atoms. The lowest BCUT2D eigenvalue weighted by molar-refractivity contribution is 0.0495. The van der Waals surface area contributed by atoms with Crippen molar-refractivity contribution in [3.63, 3.8) is 0 Å². The highest BCUT2D eigenvalue weighted by Crippen LogP contribution is 2.39. The molecule has 0 saturated carbocycles. The van der Waals surface area contributed by atoms with Crippen molar-refractivity contribution in [1.82, 2.24) is 10.2 Å². The van der Waals surface area contributed by atoms with Gasteiger partial charge in [-0.15, -0.1) is 0 Å². The van der Waals surface area contributed by atoms with Gasteiger partial charge in [0.1, 0.15) is 0 Å². The van der Waals surface area contributed by atoms with Crippen LogP contribution < -0.4 is 5.32 Å². The summed E-state index contributed by atoms with van der Waals surface area (Å²) in [7, 11) is 0. The molecule has 1 spiro atoms. The number of rotatable bonds is 1. The molecule has 108 valence electrons. The van der Waals surface area contributed by atoms with Gasteiger partial charge in [-0.1, -0.05) is 22.0 Å². The number of nitrogens with zero attached hydrogens (tertiary/aromatic N) is 1. The Morgan fingerprint density at radius 1 is 1.15 bits per heavy atom. The lowest BCUT2D eigenvalue weighted by Gasteiger charge is -2.44. The van der Waals surface area contributed by atoms with E-state index in [9.17, 15) is 4.79 Å². The van der Waals surface area contributed by atoms with Gasteiger partial charge in [0, 0.05) is 23.1 Å². The van der Waals surface area contributed by atoms with E-state index in [4.69, 9.17) is 0 Å². The molecule has 1 aromatic carbocycles. The molecule has 2 heterocycles. The number of likely N-dealkylation sites (tertiary alicyclic amines) is 1. The molecule has 0 atom stereocenters. The zero-order chi connectivity index (χ0) is 14.0. The standard InChI is InChI=1S/C16H21BrN2O/c17-14-3-1-2-13(12-14)15(20)19-10-6-16(7-11-19)4-8-18-9-5-16/h1-3,12,18H,4-11H2. The van der Waals surface area contributed by atoms with E-state index in [-0.39, 0.29) is 5.91 Å². The maximum Gasteiger partial charge on any atom is 0.253 e. The number of carbonyl (C=O) groups is 1. The Kier molecular flexibility index (Phi) is 4.13. The molecule has 3 rings (SSSR count). The molecule has 2 saturated heterocycles. The van der Waals surface area contributed by atoms with E-state index in [0.717, 1.165) is 49.1 Å². The summed E-state index contributed by atoms with van der Waals surface area (Å²) >= 11 is 3.43. The number of piperidine rings is 2. The predicted molar refractivity (Wildman–Crippen MR) is 83.8 cm³/mol. The van der Waals surface area contributed by atoms with Crippen LogP contribution in [0.25, 0.3) is 0 Å². The van der Waals surface area contributed by atoms with Crippen LogP contribution in [0.5, 0.6) is 0 Å². The zero-order valence-electron chi connectivity index (χ0n) is 11.7. The van der Waals surface area contributed by atoms with Crippen molar-refractivity contribution in [2.24, 2.45) is 5.41 Å². The van der Waals surface area contributed by atoms with E-state index in [0.29, 0.717) is 5.41 Å². The van der Waals surface area contributed by atoms with Gasteiger partial charge in [0.05, 0.1) is 0 Å². The highest BCUT2D eigenvalue weighted by Gasteiger charge is 2.36. The van der Waals surface area contributed by atoms with Crippen molar-refractivity contribution < 1.29 is 4.79 Å². The van der Waals surface area contributed by atoms with Gasteiger partial charge in [-0.25, -0.2) is 0 Å². The fraction of sp³-hybridized carbons (Fsp3) is 0.562. The normalized spacial score (nSPS) is 21.9. The summed E-state index contributed by atoms with van der Waals surface area (Å²) in [6, 6.07) is 7.70. The highest BCUT2D eigenvalue weighted by molar-refractivity contribution is 9.10. The lowest BCUT2D eigenvalue weighted by Crippen LogP contribution is -2.47. The number of hydrogen-bond donors (Lipinski definition) is 1. The van der Waals surface area contributed by atoms with Gasteiger partial charge in [0.15, 0.2) is 0 Å². The number of amides is 1. The van der Waals surface area contributed by atoms with E-state index < -0.39 is 0 Å². The Morgan fingerprint density at radius 2 is 1.85 bits per heavy atom. The third-order valence-corrected chi connectivity index (χ3v) is 5.34. The van der Waals surface area contributed by atoms with E-state index in [1.807, 2.05) is 29.2 Å². The summed E-state index contributed by atoms with van der Waals surface area (Å²) < 4.78 is 0.968. The van der Waals surface area contributed by atoms with Crippen molar-refractivity contribution in [1.29, 1.82) is 0 Å². The Labute approximate surface area is 128 Å². The highest BCUT2D eigenvalue weighted by atomic mass is 79.9. The summed E-state index contributed by atoms with van der Waals surface area (Å²) in [5, 5.41) is 3.44. The SMILES string of the molecule is O=C(c1cccc(Br)c1)N1CCC2(CCNCC2)CC1. The Balaban J connectivity index is 1.64. The average Bonchev–Trinajstić information content (AvgIpc) is 2.48. The summed E-state index contributed by atoms with van der Waals surface area (Å²) in [6.07, 6.45) is 4.86. The first kappa shape index (κ1) is 14.1. The van der Waals surface area contributed by atoms with Crippen LogP contribution in [0.2, 0.25) is 0 Å². The smallest absolute Gasteiger partial charge is 0.253 e. The van der Waals surface area contributed by atoms with Gasteiger partial charge in [-0.2, -0.15) is 0 Å². The lowest BCUT2D eigenvalue weighted by atomic mass is 9.71. The Morgan fingerprint density at radius 3 is 2.50 bits per heavy atom. The first-order valence-electron chi connectivity index (χ1n) is 7.44. The molecular weight excluding hydrogens is 316 g/mol. The Hall–Kier alpha value is -0.870. The molecule has 1 amide bonds. The van der Waals surface area contributed by atoms with Crippen LogP contribution in [0.3, 0.4) is 0 Å². The largest absolute Gasteiger partial charge is 0.339 e. The molecule has 1 N–H and O–H groups in total. The van der Waals surface area contributed by atoms with Crippen molar-refractivity contribution in [2.45, 2.75) is 25.7 Å². The monoisotopic (exact) mass is 336 g/mol. The second-order valence-corrected chi connectivity index (χ2v) is 6.97. The van der Waals surface area contributed by atoms with Crippen LogP contribution in [-0.2, 0) is 0 Å². The fourth-order valence-electron chi connectivity index (χ4n) is 3.45. The van der Waals surface area contributed by atoms with Crippen LogP contribution in [0.4, 0.5) is 0 Å². The van der Waals surface area contributed by atoms with Gasteiger partial charge >= 0.3 is 0 Å². The zero-order valence-corrected chi connectivity index (χ0v) is 13.3. The molecular formula is C16H21BrN2O. The van der Waals surface area contributed by atoms with E-state index >= 15 is 0 Å². The fourth-order valence-corrected chi connectivity index (χ4v) is 3.84. The quantitative estimate of drug-likeness (QED) is 0.854. The van der Waals surface area contributed by atoms with Crippen LogP contribution in [-0.4, -0.2) is 37.0 Å². The second-order valence-electron chi connectivity index (χ2n) is 6.05. The molecule has 4 heteroatoms. The minimum Gasteiger partial charge on any atom is -0.339 e. The topological polar surface area (TPSA) is 32.3 Å². The second kappa shape index (κ2) is 5.86. The molecule has 3 nitrogen and oxygen atoms in total. The summed E-state index contributed by atoms with van der Waals surface area (Å²) in [6.45, 7) is 4.09. The van der Waals surface area contributed by atoms with Crippen molar-refractivity contribution in [3.8, 4) is 0 Å². The maximum absolute atomic E-state index is 12.5. The number of carbonyl (C=O) groups excluding carboxylic acids is 1. The molecule has 2 aliphatic heterocycles. The molecule has 0 unspecified atom stereocenters. The molecule has 2 aliphatic rings. The van der Waals surface area contributed by atoms with Crippen LogP contribution >= 0.6 is 15.9 Å². The number of nitrogens with one attached hydrogen (secondary N) is 1. The van der Waals surface area contributed by atoms with Crippen molar-refractivity contribution >= 4 is 21.8 Å². The minimum atomic E-state index is 0.176. The summed E-state index contributed by atoms with van der Waals surface area (Å²) in [4.78, 5) is 14.5. The van der Waals surface area contributed by atoms with Crippen LogP contribution in [0.15, 0.2) is 28.7 Å². The third kappa shape index (κ3) is 2.91. The minimum absolute atomic E-state index is 0.176. The first-order valence-corrected chi connectivity index (χ1v) is 8.23.